The van der Waals surface area contributed by atoms with E-state index >= 15 is 0 Å². The number of hydrogen-bond donors (Lipinski definition) is 0. The molecular weight excluding hydrogens is 112 g/mol. The lowest BCUT2D eigenvalue weighted by atomic mass is 10.1. The summed E-state index contributed by atoms with van der Waals surface area (Å²) >= 11 is 0. The van der Waals surface area contributed by atoms with Crippen molar-refractivity contribution in [3.63, 3.8) is 0 Å². The molecule has 1 aromatic heterocycles. The van der Waals surface area contributed by atoms with E-state index in [9.17, 15) is 0 Å². The molecule has 0 saturated carbocycles. The number of rotatable bonds is 0. The Morgan fingerprint density at radius 2 is 2.22 bits per heavy atom. The van der Waals surface area contributed by atoms with Gasteiger partial charge in [-0.1, -0.05) is 12.2 Å². The third-order valence-electron chi connectivity index (χ3n) is 1.87. The molecule has 2 aliphatic carbocycles. The third kappa shape index (κ3) is 0.250. The summed E-state index contributed by atoms with van der Waals surface area (Å²) in [5, 5.41) is 1.31. The number of furan rings is 1. The van der Waals surface area contributed by atoms with Crippen LogP contribution < -0.4 is 10.6 Å². The van der Waals surface area contributed by atoms with Crippen LogP contribution in [0.4, 0.5) is 0 Å². The molecule has 0 saturated heterocycles. The highest BCUT2D eigenvalue weighted by molar-refractivity contribution is 5.95. The Bertz CT molecular complexity index is 418. The molecule has 3 rings (SSSR count). The molecule has 2 aliphatic rings. The van der Waals surface area contributed by atoms with E-state index in [0.29, 0.717) is 0 Å². The minimum Gasteiger partial charge on any atom is -0.464 e. The van der Waals surface area contributed by atoms with Crippen molar-refractivity contribution in [3.8, 4) is 0 Å². The van der Waals surface area contributed by atoms with E-state index in [0.717, 1.165) is 5.42 Å². The van der Waals surface area contributed by atoms with Crippen LogP contribution in [0, 0.1) is 0 Å². The van der Waals surface area contributed by atoms with E-state index in [-0.39, 0.29) is 0 Å². The van der Waals surface area contributed by atoms with E-state index in [1.165, 1.54) is 16.4 Å². The standard InChI is InChI=1S/C8H4O/c1-2-6-4-9-7-3-5(1)8(6)7/h1-4H. The Hall–Kier alpha value is -1.24. The van der Waals surface area contributed by atoms with E-state index in [1.54, 1.807) is 6.26 Å². The molecule has 0 aromatic carbocycles. The Balaban J connectivity index is 2.81. The van der Waals surface area contributed by atoms with Gasteiger partial charge in [0, 0.05) is 10.8 Å². The van der Waals surface area contributed by atoms with Crippen molar-refractivity contribution in [2.24, 2.45) is 0 Å². The van der Waals surface area contributed by atoms with Crippen LogP contribution in [-0.2, 0) is 0 Å². The normalized spacial score (nSPS) is 17.1. The molecule has 42 valence electrons. The lowest BCUT2D eigenvalue weighted by molar-refractivity contribution is 0.528. The van der Waals surface area contributed by atoms with Crippen molar-refractivity contribution in [1.29, 1.82) is 0 Å². The minimum atomic E-state index is 1.05. The summed E-state index contributed by atoms with van der Waals surface area (Å²) in [5.41, 5.74) is 3.61. The summed E-state index contributed by atoms with van der Waals surface area (Å²) in [4.78, 5) is 0. The molecule has 0 radical (unpaired) electrons. The van der Waals surface area contributed by atoms with Gasteiger partial charge in [0.1, 0.15) is 5.42 Å². The van der Waals surface area contributed by atoms with Crippen molar-refractivity contribution in [2.75, 3.05) is 0 Å². The predicted molar refractivity (Wildman–Crippen MR) is 34.9 cm³/mol. The third-order valence-corrected chi connectivity index (χ3v) is 1.87. The van der Waals surface area contributed by atoms with Gasteiger partial charge in [-0.3, -0.25) is 0 Å². The van der Waals surface area contributed by atoms with Crippen LogP contribution in [0.5, 0.6) is 0 Å². The van der Waals surface area contributed by atoms with Gasteiger partial charge in [0.15, 0.2) is 0 Å². The monoisotopic (exact) mass is 116 g/mol. The van der Waals surface area contributed by atoms with Crippen LogP contribution in [0.2, 0.25) is 0 Å². The quantitative estimate of drug-likeness (QED) is 0.473. The molecule has 0 bridgehead atoms. The first kappa shape index (κ1) is 3.72. The molecule has 9 heavy (non-hydrogen) atoms. The fourth-order valence-electron chi connectivity index (χ4n) is 1.37. The molecular formula is C8H4O. The number of hydrogen-bond acceptors (Lipinski definition) is 1. The molecule has 0 unspecified atom stereocenters. The van der Waals surface area contributed by atoms with E-state index in [2.05, 4.69) is 18.2 Å². The van der Waals surface area contributed by atoms with Gasteiger partial charge in [-0.2, -0.15) is 0 Å². The minimum absolute atomic E-state index is 1.05. The van der Waals surface area contributed by atoms with Crippen LogP contribution in [-0.4, -0.2) is 0 Å². The van der Waals surface area contributed by atoms with Crippen LogP contribution in [0.25, 0.3) is 17.7 Å². The Labute approximate surface area is 51.6 Å². The summed E-state index contributed by atoms with van der Waals surface area (Å²) < 4.78 is 5.18. The van der Waals surface area contributed by atoms with Crippen molar-refractivity contribution < 1.29 is 4.42 Å². The van der Waals surface area contributed by atoms with E-state index < -0.39 is 0 Å². The molecule has 0 amide bonds. The molecule has 0 N–H and O–H groups in total. The first-order chi connectivity index (χ1) is 4.45. The Kier molecular flexibility index (Phi) is 0.374. The zero-order valence-corrected chi connectivity index (χ0v) is 4.72. The largest absolute Gasteiger partial charge is 0.464 e. The summed E-state index contributed by atoms with van der Waals surface area (Å²) in [7, 11) is 0. The fraction of sp³-hybridized carbons (Fsp3) is 0. The van der Waals surface area contributed by atoms with Gasteiger partial charge >= 0.3 is 0 Å². The fourth-order valence-corrected chi connectivity index (χ4v) is 1.37. The first-order valence-corrected chi connectivity index (χ1v) is 2.97. The van der Waals surface area contributed by atoms with Crippen molar-refractivity contribution in [3.05, 3.63) is 28.5 Å². The first-order valence-electron chi connectivity index (χ1n) is 2.97. The Morgan fingerprint density at radius 3 is 3.11 bits per heavy atom. The second-order valence-corrected chi connectivity index (χ2v) is 2.36. The zero-order valence-electron chi connectivity index (χ0n) is 4.72. The summed E-state index contributed by atoms with van der Waals surface area (Å²) in [5.74, 6) is 0. The maximum Gasteiger partial charge on any atom is 0.135 e. The van der Waals surface area contributed by atoms with Crippen molar-refractivity contribution in [2.45, 2.75) is 0 Å². The molecule has 1 heterocycles. The van der Waals surface area contributed by atoms with E-state index in [4.69, 9.17) is 4.42 Å². The molecule has 0 atom stereocenters. The molecule has 1 heteroatoms. The summed E-state index contributed by atoms with van der Waals surface area (Å²) in [6.45, 7) is 0. The maximum atomic E-state index is 5.18. The van der Waals surface area contributed by atoms with Gasteiger partial charge in [0.2, 0.25) is 0 Å². The van der Waals surface area contributed by atoms with Crippen LogP contribution in [0.1, 0.15) is 5.56 Å². The molecule has 1 aromatic rings. The highest BCUT2D eigenvalue weighted by Gasteiger charge is 2.14. The zero-order chi connectivity index (χ0) is 5.84. The molecule has 1 nitrogen and oxygen atoms in total. The van der Waals surface area contributed by atoms with Crippen molar-refractivity contribution in [1.82, 2.24) is 0 Å². The summed E-state index contributed by atoms with van der Waals surface area (Å²) in [6, 6.07) is 0. The van der Waals surface area contributed by atoms with Gasteiger partial charge in [0.25, 0.3) is 0 Å². The van der Waals surface area contributed by atoms with E-state index in [1.807, 2.05) is 0 Å². The van der Waals surface area contributed by atoms with Gasteiger partial charge in [-0.25, -0.2) is 0 Å². The lowest BCUT2D eigenvalue weighted by Gasteiger charge is -1.93. The van der Waals surface area contributed by atoms with Crippen LogP contribution in [0.3, 0.4) is 0 Å². The van der Waals surface area contributed by atoms with Crippen molar-refractivity contribution >= 4 is 17.7 Å². The van der Waals surface area contributed by atoms with Gasteiger partial charge in [-0.15, -0.1) is 0 Å². The highest BCUT2D eigenvalue weighted by Crippen LogP contribution is 2.14. The van der Waals surface area contributed by atoms with Gasteiger partial charge in [0.05, 0.1) is 6.26 Å². The number of allylic oxidation sites excluding steroid dienone is 1. The highest BCUT2D eigenvalue weighted by atomic mass is 16.3. The van der Waals surface area contributed by atoms with Crippen LogP contribution in [0.15, 0.2) is 16.8 Å². The predicted octanol–water partition coefficient (Wildman–Crippen LogP) is 0.251. The SMILES string of the molecule is C1=Cc2coc3c2=C1C=3. The molecule has 0 fully saturated rings. The second-order valence-electron chi connectivity index (χ2n) is 2.36. The summed E-state index contributed by atoms with van der Waals surface area (Å²) in [6.07, 6.45) is 8.06. The topological polar surface area (TPSA) is 13.1 Å². The average molecular weight is 116 g/mol. The maximum absolute atomic E-state index is 5.18. The molecule has 0 aliphatic heterocycles. The Morgan fingerprint density at radius 1 is 1.22 bits per heavy atom. The van der Waals surface area contributed by atoms with Crippen LogP contribution >= 0.6 is 0 Å². The smallest absolute Gasteiger partial charge is 0.135 e. The lowest BCUT2D eigenvalue weighted by Crippen LogP contribution is -2.29. The average Bonchev–Trinajstić information content (AvgIpc) is 2.13. The second kappa shape index (κ2) is 0.903. The van der Waals surface area contributed by atoms with Gasteiger partial charge < -0.3 is 4.42 Å². The van der Waals surface area contributed by atoms with Gasteiger partial charge in [-0.05, 0) is 11.6 Å². The molecule has 0 spiro atoms.